The topological polar surface area (TPSA) is 54.8 Å². The van der Waals surface area contributed by atoms with Crippen LogP contribution in [-0.4, -0.2) is 59.2 Å². The molecule has 3 heterocycles. The van der Waals surface area contributed by atoms with Gasteiger partial charge in [-0.25, -0.2) is 4.79 Å². The van der Waals surface area contributed by atoms with Crippen molar-refractivity contribution >= 4 is 23.3 Å². The molecule has 0 N–H and O–H groups in total. The van der Waals surface area contributed by atoms with Crippen LogP contribution in [0.25, 0.3) is 0 Å². The molecular formula is C18H23N3O3S. The highest BCUT2D eigenvalue weighted by Crippen LogP contribution is 2.25. The number of hydrogen-bond donors (Lipinski definition) is 0. The molecule has 1 aliphatic heterocycles. The molecule has 2 aromatic heterocycles. The van der Waals surface area contributed by atoms with E-state index in [2.05, 4.69) is 16.0 Å². The summed E-state index contributed by atoms with van der Waals surface area (Å²) < 4.78 is 7.10. The average Bonchev–Trinajstić information content (AvgIpc) is 3.33. The van der Waals surface area contributed by atoms with Crippen LogP contribution in [0.3, 0.4) is 0 Å². The number of aromatic nitrogens is 1. The normalized spacial score (nSPS) is 15.9. The molecule has 6 nitrogen and oxygen atoms in total. The number of amides is 2. The first-order chi connectivity index (χ1) is 12.2. The third-order valence-electron chi connectivity index (χ3n) is 4.44. The number of carbonyl (C=O) groups excluding carboxylic acids is 2. The number of ether oxygens (including phenoxy) is 1. The van der Waals surface area contributed by atoms with E-state index in [9.17, 15) is 9.59 Å². The highest BCUT2D eigenvalue weighted by Gasteiger charge is 2.27. The van der Waals surface area contributed by atoms with Gasteiger partial charge in [0.25, 0.3) is 0 Å². The number of piperazine rings is 1. The van der Waals surface area contributed by atoms with Gasteiger partial charge in [0.2, 0.25) is 5.91 Å². The van der Waals surface area contributed by atoms with Crippen molar-refractivity contribution in [1.29, 1.82) is 0 Å². The first kappa shape index (κ1) is 17.5. The third kappa shape index (κ3) is 4.22. The molecule has 0 aliphatic carbocycles. The number of hydrogen-bond acceptors (Lipinski definition) is 4. The van der Waals surface area contributed by atoms with E-state index in [4.69, 9.17) is 4.74 Å². The minimum Gasteiger partial charge on any atom is -0.450 e. The van der Waals surface area contributed by atoms with Gasteiger partial charge < -0.3 is 19.1 Å². The Hall–Kier alpha value is -2.28. The summed E-state index contributed by atoms with van der Waals surface area (Å²) in [4.78, 5) is 28.1. The zero-order valence-electron chi connectivity index (χ0n) is 14.3. The molecule has 2 amide bonds. The molecule has 7 heteroatoms. The summed E-state index contributed by atoms with van der Waals surface area (Å²) in [5.74, 6) is 0.119. The van der Waals surface area contributed by atoms with Gasteiger partial charge in [0, 0.05) is 38.6 Å². The van der Waals surface area contributed by atoms with E-state index in [1.54, 1.807) is 23.2 Å². The van der Waals surface area contributed by atoms with Crippen molar-refractivity contribution in [3.05, 3.63) is 46.9 Å². The lowest BCUT2D eigenvalue weighted by Gasteiger charge is -2.34. The molecule has 0 radical (unpaired) electrons. The molecule has 134 valence electrons. The predicted octanol–water partition coefficient (Wildman–Crippen LogP) is 2.83. The average molecular weight is 361 g/mol. The Kier molecular flexibility index (Phi) is 5.75. The van der Waals surface area contributed by atoms with Crippen LogP contribution in [-0.2, 0) is 9.53 Å². The van der Waals surface area contributed by atoms with Crippen LogP contribution in [0.4, 0.5) is 4.79 Å². The van der Waals surface area contributed by atoms with Gasteiger partial charge in [-0.2, -0.15) is 11.3 Å². The summed E-state index contributed by atoms with van der Waals surface area (Å²) in [6, 6.07) is 6.03. The summed E-state index contributed by atoms with van der Waals surface area (Å²) in [5.41, 5.74) is 1.15. The van der Waals surface area contributed by atoms with Crippen LogP contribution in [0, 0.1) is 0 Å². The molecular weight excluding hydrogens is 338 g/mol. The second-order valence-corrected chi connectivity index (χ2v) is 6.75. The summed E-state index contributed by atoms with van der Waals surface area (Å²) in [6.07, 6.45) is 4.12. The first-order valence-electron chi connectivity index (χ1n) is 8.53. The van der Waals surface area contributed by atoms with Crippen molar-refractivity contribution in [3.8, 4) is 0 Å². The van der Waals surface area contributed by atoms with Gasteiger partial charge in [0.05, 0.1) is 19.1 Å². The van der Waals surface area contributed by atoms with Gasteiger partial charge >= 0.3 is 6.09 Å². The second-order valence-electron chi connectivity index (χ2n) is 5.97. The van der Waals surface area contributed by atoms with Crippen molar-refractivity contribution in [2.75, 3.05) is 32.8 Å². The van der Waals surface area contributed by atoms with Gasteiger partial charge in [0.1, 0.15) is 0 Å². The van der Waals surface area contributed by atoms with Crippen LogP contribution in [0.15, 0.2) is 41.4 Å². The molecule has 0 bridgehead atoms. The van der Waals surface area contributed by atoms with Gasteiger partial charge in [-0.15, -0.1) is 0 Å². The molecule has 0 unspecified atom stereocenters. The number of nitrogens with zero attached hydrogens (tertiary/aromatic N) is 3. The maximum absolute atomic E-state index is 12.8. The predicted molar refractivity (Wildman–Crippen MR) is 96.7 cm³/mol. The maximum Gasteiger partial charge on any atom is 0.409 e. The van der Waals surface area contributed by atoms with Crippen molar-refractivity contribution < 1.29 is 14.3 Å². The molecule has 1 fully saturated rings. The van der Waals surface area contributed by atoms with E-state index >= 15 is 0 Å². The summed E-state index contributed by atoms with van der Waals surface area (Å²) in [7, 11) is 0. The molecule has 0 spiro atoms. The van der Waals surface area contributed by atoms with Gasteiger partial charge in [-0.05, 0) is 41.4 Å². The fourth-order valence-corrected chi connectivity index (χ4v) is 3.77. The lowest BCUT2D eigenvalue weighted by molar-refractivity contribution is -0.133. The fourth-order valence-electron chi connectivity index (χ4n) is 3.06. The van der Waals surface area contributed by atoms with Crippen molar-refractivity contribution in [2.24, 2.45) is 0 Å². The SMILES string of the molecule is CCOC(=O)N1CCN(C(=O)C[C@H](c2ccsc2)n2cccc2)CC1. The van der Waals surface area contributed by atoms with Gasteiger partial charge in [0.15, 0.2) is 0 Å². The Morgan fingerprint density at radius 2 is 1.84 bits per heavy atom. The van der Waals surface area contributed by atoms with Crippen molar-refractivity contribution in [2.45, 2.75) is 19.4 Å². The lowest BCUT2D eigenvalue weighted by atomic mass is 10.1. The zero-order chi connectivity index (χ0) is 17.6. The Morgan fingerprint density at radius 1 is 1.16 bits per heavy atom. The number of thiophene rings is 1. The van der Waals surface area contributed by atoms with Crippen LogP contribution in [0.1, 0.15) is 24.9 Å². The monoisotopic (exact) mass is 361 g/mol. The Morgan fingerprint density at radius 3 is 2.44 bits per heavy atom. The van der Waals surface area contributed by atoms with Crippen LogP contribution in [0.5, 0.6) is 0 Å². The molecule has 2 aromatic rings. The first-order valence-corrected chi connectivity index (χ1v) is 9.47. The zero-order valence-corrected chi connectivity index (χ0v) is 15.2. The van der Waals surface area contributed by atoms with E-state index in [-0.39, 0.29) is 18.0 Å². The third-order valence-corrected chi connectivity index (χ3v) is 5.14. The lowest BCUT2D eigenvalue weighted by Crippen LogP contribution is -2.51. The highest BCUT2D eigenvalue weighted by atomic mass is 32.1. The molecule has 1 atom stereocenters. The minimum absolute atomic E-state index is 0.0110. The van der Waals surface area contributed by atoms with Crippen LogP contribution < -0.4 is 0 Å². The van der Waals surface area contributed by atoms with E-state index in [1.165, 1.54) is 0 Å². The van der Waals surface area contributed by atoms with Crippen LogP contribution in [0.2, 0.25) is 0 Å². The molecule has 1 saturated heterocycles. The molecule has 0 saturated carbocycles. The van der Waals surface area contributed by atoms with E-state index in [0.717, 1.165) is 5.56 Å². The summed E-state index contributed by atoms with van der Waals surface area (Å²) >= 11 is 1.64. The number of rotatable bonds is 5. The highest BCUT2D eigenvalue weighted by molar-refractivity contribution is 7.08. The standard InChI is InChI=1S/C18H23N3O3S/c1-2-24-18(23)21-10-8-20(9-11-21)17(22)13-16(15-5-12-25-14-15)19-6-3-4-7-19/h3-7,12,14,16H,2,8-11,13H2,1H3/t16-/m1/s1. The Balaban J connectivity index is 1.60. The van der Waals surface area contributed by atoms with E-state index < -0.39 is 0 Å². The number of carbonyl (C=O) groups is 2. The Labute approximate surface area is 151 Å². The molecule has 3 rings (SSSR count). The molecule has 25 heavy (non-hydrogen) atoms. The summed E-state index contributed by atoms with van der Waals surface area (Å²) in [5, 5.41) is 4.13. The summed E-state index contributed by atoms with van der Waals surface area (Å²) in [6.45, 7) is 4.33. The maximum atomic E-state index is 12.8. The van der Waals surface area contributed by atoms with Gasteiger partial charge in [-0.3, -0.25) is 4.79 Å². The second kappa shape index (κ2) is 8.20. The van der Waals surface area contributed by atoms with Gasteiger partial charge in [-0.1, -0.05) is 0 Å². The minimum atomic E-state index is -0.293. The van der Waals surface area contributed by atoms with Crippen molar-refractivity contribution in [1.82, 2.24) is 14.4 Å². The van der Waals surface area contributed by atoms with Crippen molar-refractivity contribution in [3.63, 3.8) is 0 Å². The largest absolute Gasteiger partial charge is 0.450 e. The quantitative estimate of drug-likeness (QED) is 0.823. The Bertz CT molecular complexity index is 642. The van der Waals surface area contributed by atoms with E-state index in [0.29, 0.717) is 39.2 Å². The van der Waals surface area contributed by atoms with Crippen LogP contribution >= 0.6 is 11.3 Å². The molecule has 1 aliphatic rings. The van der Waals surface area contributed by atoms with E-state index in [1.807, 2.05) is 34.8 Å². The molecule has 0 aromatic carbocycles. The smallest absolute Gasteiger partial charge is 0.409 e. The fraction of sp³-hybridized carbons (Fsp3) is 0.444.